The van der Waals surface area contributed by atoms with Crippen LogP contribution in [0.15, 0.2) is 54.9 Å². The Hall–Kier alpha value is -3.88. The van der Waals surface area contributed by atoms with Gasteiger partial charge in [-0.05, 0) is 30.7 Å². The van der Waals surface area contributed by atoms with E-state index < -0.39 is 0 Å². The zero-order valence-electron chi connectivity index (χ0n) is 20.2. The number of aromatic nitrogens is 2. The molecule has 0 radical (unpaired) electrons. The summed E-state index contributed by atoms with van der Waals surface area (Å²) in [5, 5.41) is 4.32. The second-order valence-corrected chi connectivity index (χ2v) is 9.21. The van der Waals surface area contributed by atoms with Gasteiger partial charge in [0.05, 0.1) is 31.5 Å². The number of hydrogen-bond donors (Lipinski definition) is 2. The Morgan fingerprint density at radius 3 is 2.53 bits per heavy atom. The lowest BCUT2D eigenvalue weighted by atomic mass is 9.95. The highest BCUT2D eigenvalue weighted by Crippen LogP contribution is 2.39. The molecule has 184 valence electrons. The lowest BCUT2D eigenvalue weighted by molar-refractivity contribution is -0.122. The van der Waals surface area contributed by atoms with E-state index in [0.29, 0.717) is 22.5 Å². The van der Waals surface area contributed by atoms with Gasteiger partial charge in [0.2, 0.25) is 0 Å². The minimum atomic E-state index is -0.386. The first-order chi connectivity index (χ1) is 17.6. The Kier molecular flexibility index (Phi) is 5.83. The molecule has 6 rings (SSSR count). The van der Waals surface area contributed by atoms with Gasteiger partial charge in [0.1, 0.15) is 5.75 Å². The number of aromatic amines is 1. The van der Waals surface area contributed by atoms with Gasteiger partial charge >= 0.3 is 0 Å². The normalized spacial score (nSPS) is 16.9. The van der Waals surface area contributed by atoms with Gasteiger partial charge in [-0.1, -0.05) is 18.2 Å². The molecule has 0 atom stereocenters. The number of nitrogens with one attached hydrogen (secondary N) is 2. The minimum Gasteiger partial charge on any atom is -0.497 e. The summed E-state index contributed by atoms with van der Waals surface area (Å²) in [5.41, 5.74) is 4.17. The van der Waals surface area contributed by atoms with Crippen LogP contribution in [0.5, 0.6) is 5.75 Å². The van der Waals surface area contributed by atoms with Gasteiger partial charge in [0, 0.05) is 71.5 Å². The quantitative estimate of drug-likeness (QED) is 0.393. The number of carbonyl (C=O) groups excluding carboxylic acids is 2. The summed E-state index contributed by atoms with van der Waals surface area (Å²) in [6, 6.07) is 13.7. The van der Waals surface area contributed by atoms with E-state index in [1.165, 1.54) is 0 Å². The zero-order valence-corrected chi connectivity index (χ0v) is 20.2. The Labute approximate surface area is 208 Å². The van der Waals surface area contributed by atoms with E-state index in [0.717, 1.165) is 73.2 Å². The molecule has 2 aromatic carbocycles. The van der Waals surface area contributed by atoms with Crippen LogP contribution in [0.3, 0.4) is 0 Å². The third-order valence-electron chi connectivity index (χ3n) is 7.12. The maximum atomic E-state index is 13.2. The molecule has 36 heavy (non-hydrogen) atoms. The number of morpholine rings is 1. The van der Waals surface area contributed by atoms with Crippen LogP contribution in [-0.4, -0.2) is 66.2 Å². The van der Waals surface area contributed by atoms with E-state index in [1.54, 1.807) is 13.3 Å². The van der Waals surface area contributed by atoms with Crippen molar-refractivity contribution in [3.63, 3.8) is 0 Å². The van der Waals surface area contributed by atoms with Gasteiger partial charge in [0.15, 0.2) is 0 Å². The standard InChI is InChI=1S/C28H28N4O4/c1-35-18-7-8-23-20(15-18)21(16-29-23)25-26(28(34)30-27(25)33)22-17-32(24-6-3-2-5-19(22)24)10-4-9-31-11-13-36-14-12-31/h2-3,5-8,15-17,29H,4,9-14H2,1H3,(H,30,33,34). The SMILES string of the molecule is COc1ccc2[nH]cc(C3=C(c4cn(CCCN5CCOCC5)c5ccccc45)C(=O)NC3=O)c2c1. The number of hydrogen-bond acceptors (Lipinski definition) is 5. The van der Waals surface area contributed by atoms with Gasteiger partial charge in [-0.3, -0.25) is 19.8 Å². The number of imide groups is 1. The van der Waals surface area contributed by atoms with Crippen LogP contribution in [0.4, 0.5) is 0 Å². The van der Waals surface area contributed by atoms with Gasteiger partial charge in [-0.15, -0.1) is 0 Å². The first-order valence-electron chi connectivity index (χ1n) is 12.3. The van der Waals surface area contributed by atoms with Crippen molar-refractivity contribution >= 4 is 44.8 Å². The molecule has 1 saturated heterocycles. The second kappa shape index (κ2) is 9.29. The first-order valence-corrected chi connectivity index (χ1v) is 12.3. The Morgan fingerprint density at radius 1 is 0.944 bits per heavy atom. The summed E-state index contributed by atoms with van der Waals surface area (Å²) in [5.74, 6) is -0.0709. The van der Waals surface area contributed by atoms with Crippen LogP contribution in [0.1, 0.15) is 17.5 Å². The molecule has 2 amide bonds. The largest absolute Gasteiger partial charge is 0.497 e. The van der Waals surface area contributed by atoms with Crippen molar-refractivity contribution in [1.29, 1.82) is 0 Å². The average molecular weight is 485 g/mol. The van der Waals surface area contributed by atoms with Crippen molar-refractivity contribution in [3.05, 3.63) is 66.0 Å². The van der Waals surface area contributed by atoms with Crippen LogP contribution >= 0.6 is 0 Å². The number of carbonyl (C=O) groups is 2. The summed E-state index contributed by atoms with van der Waals surface area (Å²) < 4.78 is 13.1. The van der Waals surface area contributed by atoms with Crippen molar-refractivity contribution < 1.29 is 19.1 Å². The number of methoxy groups -OCH3 is 1. The Balaban J connectivity index is 1.43. The number of aryl methyl sites for hydroxylation is 1. The van der Waals surface area contributed by atoms with E-state index in [-0.39, 0.29) is 11.8 Å². The van der Waals surface area contributed by atoms with E-state index in [2.05, 4.69) is 25.8 Å². The molecule has 0 unspecified atom stereocenters. The fraction of sp³-hybridized carbons (Fsp3) is 0.286. The first kappa shape index (κ1) is 22.6. The highest BCUT2D eigenvalue weighted by atomic mass is 16.5. The third kappa shape index (κ3) is 3.88. The monoisotopic (exact) mass is 484 g/mol. The molecule has 4 heterocycles. The Bertz CT molecular complexity index is 1510. The number of ether oxygens (including phenoxy) is 2. The van der Waals surface area contributed by atoms with Gasteiger partial charge in [0.25, 0.3) is 11.8 Å². The summed E-state index contributed by atoms with van der Waals surface area (Å²) in [6.45, 7) is 5.32. The van der Waals surface area contributed by atoms with Gasteiger partial charge in [-0.25, -0.2) is 0 Å². The summed E-state index contributed by atoms with van der Waals surface area (Å²) in [4.78, 5) is 31.9. The number of nitrogens with zero attached hydrogens (tertiary/aromatic N) is 2. The number of benzene rings is 2. The van der Waals surface area contributed by atoms with Crippen LogP contribution in [0, 0.1) is 0 Å². The Morgan fingerprint density at radius 2 is 1.72 bits per heavy atom. The molecule has 1 fully saturated rings. The van der Waals surface area contributed by atoms with Crippen LogP contribution in [-0.2, 0) is 20.9 Å². The van der Waals surface area contributed by atoms with Crippen molar-refractivity contribution in [2.24, 2.45) is 0 Å². The van der Waals surface area contributed by atoms with Crippen LogP contribution < -0.4 is 10.1 Å². The van der Waals surface area contributed by atoms with E-state index >= 15 is 0 Å². The van der Waals surface area contributed by atoms with E-state index in [9.17, 15) is 9.59 Å². The van der Waals surface area contributed by atoms with Gasteiger partial charge < -0.3 is 19.0 Å². The number of fused-ring (bicyclic) bond motifs is 2. The van der Waals surface area contributed by atoms with Crippen molar-refractivity contribution in [1.82, 2.24) is 19.8 Å². The molecular formula is C28H28N4O4. The highest BCUT2D eigenvalue weighted by molar-refractivity contribution is 6.50. The molecule has 0 aliphatic carbocycles. The van der Waals surface area contributed by atoms with Crippen molar-refractivity contribution in [3.8, 4) is 5.75 Å². The van der Waals surface area contributed by atoms with E-state index in [1.807, 2.05) is 42.6 Å². The minimum absolute atomic E-state index is 0.372. The molecule has 0 bridgehead atoms. The molecule has 0 saturated carbocycles. The molecule has 2 aromatic heterocycles. The predicted molar refractivity (Wildman–Crippen MR) is 139 cm³/mol. The number of rotatable bonds is 7. The molecule has 0 spiro atoms. The topological polar surface area (TPSA) is 88.6 Å². The predicted octanol–water partition coefficient (Wildman–Crippen LogP) is 3.42. The molecule has 4 aromatic rings. The fourth-order valence-electron chi connectivity index (χ4n) is 5.32. The molecule has 2 aliphatic heterocycles. The zero-order chi connectivity index (χ0) is 24.6. The van der Waals surface area contributed by atoms with Gasteiger partial charge in [-0.2, -0.15) is 0 Å². The molecular weight excluding hydrogens is 456 g/mol. The van der Waals surface area contributed by atoms with Crippen molar-refractivity contribution in [2.45, 2.75) is 13.0 Å². The average Bonchev–Trinajstić information content (AvgIpc) is 3.57. The van der Waals surface area contributed by atoms with Crippen LogP contribution in [0.2, 0.25) is 0 Å². The van der Waals surface area contributed by atoms with Crippen LogP contribution in [0.25, 0.3) is 33.0 Å². The number of para-hydroxylation sites is 1. The molecule has 8 heteroatoms. The van der Waals surface area contributed by atoms with Crippen molar-refractivity contribution in [2.75, 3.05) is 40.0 Å². The maximum Gasteiger partial charge on any atom is 0.259 e. The highest BCUT2D eigenvalue weighted by Gasteiger charge is 2.35. The van der Waals surface area contributed by atoms with E-state index in [4.69, 9.17) is 9.47 Å². The lowest BCUT2D eigenvalue weighted by Crippen LogP contribution is -2.37. The molecule has 2 aliphatic rings. The fourth-order valence-corrected chi connectivity index (χ4v) is 5.32. The second-order valence-electron chi connectivity index (χ2n) is 9.21. The maximum absolute atomic E-state index is 13.2. The smallest absolute Gasteiger partial charge is 0.259 e. The summed E-state index contributed by atoms with van der Waals surface area (Å²) >= 11 is 0. The number of H-pyrrole nitrogens is 1. The summed E-state index contributed by atoms with van der Waals surface area (Å²) in [6.07, 6.45) is 4.80. The number of amides is 2. The lowest BCUT2D eigenvalue weighted by Gasteiger charge is -2.26. The third-order valence-corrected chi connectivity index (χ3v) is 7.12. The molecule has 2 N–H and O–H groups in total. The molecule has 8 nitrogen and oxygen atoms in total. The summed E-state index contributed by atoms with van der Waals surface area (Å²) in [7, 11) is 1.61.